The molecule has 0 aliphatic carbocycles. The van der Waals surface area contributed by atoms with Crippen molar-refractivity contribution in [3.05, 3.63) is 35.0 Å². The Kier molecular flexibility index (Phi) is 4.64. The second kappa shape index (κ2) is 6.23. The quantitative estimate of drug-likeness (QED) is 0.815. The maximum absolute atomic E-state index is 6.12. The molecule has 0 amide bonds. The van der Waals surface area contributed by atoms with Gasteiger partial charge in [-0.05, 0) is 51.3 Å². The lowest BCUT2D eigenvalue weighted by Crippen LogP contribution is -2.21. The van der Waals surface area contributed by atoms with Gasteiger partial charge in [-0.1, -0.05) is 18.2 Å². The second-order valence-corrected chi connectivity index (χ2v) is 5.03. The molecular formula is C14H19ClN2O. The van der Waals surface area contributed by atoms with E-state index in [0.29, 0.717) is 5.22 Å². The third kappa shape index (κ3) is 3.25. The van der Waals surface area contributed by atoms with Crippen LogP contribution >= 0.6 is 11.6 Å². The Morgan fingerprint density at radius 3 is 2.83 bits per heavy atom. The first-order valence-corrected chi connectivity index (χ1v) is 6.57. The number of nitrogens with zero attached hydrogens (tertiary/aromatic N) is 1. The molecule has 0 saturated carbocycles. The predicted molar refractivity (Wildman–Crippen MR) is 76.1 cm³/mol. The molecule has 0 bridgehead atoms. The van der Waals surface area contributed by atoms with Gasteiger partial charge in [0.25, 0.3) is 0 Å². The predicted octanol–water partition coefficient (Wildman–Crippen LogP) is 3.13. The van der Waals surface area contributed by atoms with Gasteiger partial charge < -0.3 is 14.6 Å². The highest BCUT2D eigenvalue weighted by Gasteiger charge is 2.10. The summed E-state index contributed by atoms with van der Waals surface area (Å²) in [4.78, 5) is 2.18. The van der Waals surface area contributed by atoms with E-state index < -0.39 is 0 Å². The summed E-state index contributed by atoms with van der Waals surface area (Å²) in [7, 11) is 4.17. The summed E-state index contributed by atoms with van der Waals surface area (Å²) >= 11 is 6.12. The zero-order chi connectivity index (χ0) is 13.0. The minimum absolute atomic E-state index is 0.497. The fraction of sp³-hybridized carbons (Fsp3) is 0.429. The standard InChI is InChI=1S/C14H19ClN2O/c1-17(2)9-5-8-16-10-12-11-6-3-4-7-13(11)18-14(12)15/h3-4,6-7,16H,5,8-10H2,1-2H3. The molecule has 0 radical (unpaired) electrons. The van der Waals surface area contributed by atoms with E-state index in [0.717, 1.165) is 42.6 Å². The molecule has 1 aromatic heterocycles. The molecule has 1 heterocycles. The third-order valence-electron chi connectivity index (χ3n) is 2.91. The first-order chi connectivity index (χ1) is 8.68. The monoisotopic (exact) mass is 266 g/mol. The van der Waals surface area contributed by atoms with Gasteiger partial charge in [-0.15, -0.1) is 0 Å². The highest BCUT2D eigenvalue weighted by Crippen LogP contribution is 2.29. The van der Waals surface area contributed by atoms with Gasteiger partial charge in [-0.2, -0.15) is 0 Å². The van der Waals surface area contributed by atoms with Crippen LogP contribution in [-0.2, 0) is 6.54 Å². The number of para-hydroxylation sites is 1. The molecule has 2 aromatic rings. The van der Waals surface area contributed by atoms with Crippen molar-refractivity contribution in [3.8, 4) is 0 Å². The molecule has 1 aromatic carbocycles. The Labute approximate surface area is 113 Å². The topological polar surface area (TPSA) is 28.4 Å². The van der Waals surface area contributed by atoms with Crippen molar-refractivity contribution in [2.24, 2.45) is 0 Å². The number of hydrogen-bond acceptors (Lipinski definition) is 3. The molecule has 18 heavy (non-hydrogen) atoms. The van der Waals surface area contributed by atoms with E-state index in [1.165, 1.54) is 0 Å². The van der Waals surface area contributed by atoms with Gasteiger partial charge in [0.15, 0.2) is 5.22 Å². The molecule has 3 nitrogen and oxygen atoms in total. The Bertz CT molecular complexity index is 507. The van der Waals surface area contributed by atoms with Crippen molar-refractivity contribution < 1.29 is 4.42 Å². The van der Waals surface area contributed by atoms with E-state index in [-0.39, 0.29) is 0 Å². The average molecular weight is 267 g/mol. The Morgan fingerprint density at radius 2 is 2.06 bits per heavy atom. The highest BCUT2D eigenvalue weighted by molar-refractivity contribution is 6.30. The van der Waals surface area contributed by atoms with Crippen LogP contribution in [0.15, 0.2) is 28.7 Å². The molecule has 0 spiro atoms. The van der Waals surface area contributed by atoms with Gasteiger partial charge in [0.1, 0.15) is 5.58 Å². The van der Waals surface area contributed by atoms with Crippen LogP contribution in [0.1, 0.15) is 12.0 Å². The van der Waals surface area contributed by atoms with E-state index in [4.69, 9.17) is 16.0 Å². The lowest BCUT2D eigenvalue weighted by molar-refractivity contribution is 0.394. The van der Waals surface area contributed by atoms with Crippen LogP contribution in [0.25, 0.3) is 11.0 Å². The van der Waals surface area contributed by atoms with E-state index in [2.05, 4.69) is 24.3 Å². The Morgan fingerprint density at radius 1 is 1.28 bits per heavy atom. The SMILES string of the molecule is CN(C)CCCNCc1c(Cl)oc2ccccc12. The highest BCUT2D eigenvalue weighted by atomic mass is 35.5. The molecule has 0 saturated heterocycles. The van der Waals surface area contributed by atoms with Crippen LogP contribution in [0.4, 0.5) is 0 Å². The van der Waals surface area contributed by atoms with Gasteiger partial charge in [-0.25, -0.2) is 0 Å². The Hall–Kier alpha value is -1.03. The zero-order valence-corrected chi connectivity index (χ0v) is 11.6. The van der Waals surface area contributed by atoms with E-state index in [1.54, 1.807) is 0 Å². The summed E-state index contributed by atoms with van der Waals surface area (Å²) in [5.74, 6) is 0. The van der Waals surface area contributed by atoms with Crippen LogP contribution < -0.4 is 5.32 Å². The molecule has 2 rings (SSSR count). The normalized spacial score (nSPS) is 11.6. The van der Waals surface area contributed by atoms with Gasteiger partial charge in [0.2, 0.25) is 0 Å². The average Bonchev–Trinajstić information content (AvgIpc) is 2.65. The van der Waals surface area contributed by atoms with E-state index in [1.807, 2.05) is 24.3 Å². The first-order valence-electron chi connectivity index (χ1n) is 6.20. The van der Waals surface area contributed by atoms with E-state index >= 15 is 0 Å². The molecule has 0 aliphatic rings. The summed E-state index contributed by atoms with van der Waals surface area (Å²) in [6.45, 7) is 2.82. The summed E-state index contributed by atoms with van der Waals surface area (Å²) in [5.41, 5.74) is 1.91. The molecule has 4 heteroatoms. The van der Waals surface area contributed by atoms with Crippen molar-refractivity contribution in [2.75, 3.05) is 27.2 Å². The first kappa shape index (κ1) is 13.4. The number of fused-ring (bicyclic) bond motifs is 1. The van der Waals surface area contributed by atoms with Gasteiger partial charge in [0.05, 0.1) is 0 Å². The summed E-state index contributed by atoms with van der Waals surface area (Å²) in [6.07, 6.45) is 1.13. The lowest BCUT2D eigenvalue weighted by Gasteiger charge is -2.09. The van der Waals surface area contributed by atoms with Crippen molar-refractivity contribution in [2.45, 2.75) is 13.0 Å². The molecule has 0 aliphatic heterocycles. The van der Waals surface area contributed by atoms with Crippen molar-refractivity contribution in [3.63, 3.8) is 0 Å². The van der Waals surface area contributed by atoms with Crippen LogP contribution in [0, 0.1) is 0 Å². The lowest BCUT2D eigenvalue weighted by atomic mass is 10.2. The minimum Gasteiger partial charge on any atom is -0.444 e. The van der Waals surface area contributed by atoms with E-state index in [9.17, 15) is 0 Å². The summed E-state index contributed by atoms with van der Waals surface area (Å²) < 4.78 is 5.51. The molecular weight excluding hydrogens is 248 g/mol. The molecule has 1 N–H and O–H groups in total. The molecule has 98 valence electrons. The number of rotatable bonds is 6. The van der Waals surface area contributed by atoms with Crippen LogP contribution in [-0.4, -0.2) is 32.1 Å². The smallest absolute Gasteiger partial charge is 0.199 e. The van der Waals surface area contributed by atoms with Crippen molar-refractivity contribution in [1.29, 1.82) is 0 Å². The number of nitrogens with one attached hydrogen (secondary N) is 1. The number of benzene rings is 1. The number of hydrogen-bond donors (Lipinski definition) is 1. The fourth-order valence-corrected chi connectivity index (χ4v) is 2.22. The van der Waals surface area contributed by atoms with Crippen LogP contribution in [0.2, 0.25) is 5.22 Å². The van der Waals surface area contributed by atoms with Crippen LogP contribution in [0.3, 0.4) is 0 Å². The maximum atomic E-state index is 6.12. The van der Waals surface area contributed by atoms with Crippen molar-refractivity contribution in [1.82, 2.24) is 10.2 Å². The van der Waals surface area contributed by atoms with Gasteiger partial charge in [0, 0.05) is 17.5 Å². The third-order valence-corrected chi connectivity index (χ3v) is 3.21. The van der Waals surface area contributed by atoms with Gasteiger partial charge >= 0.3 is 0 Å². The van der Waals surface area contributed by atoms with Crippen LogP contribution in [0.5, 0.6) is 0 Å². The fourth-order valence-electron chi connectivity index (χ4n) is 1.97. The minimum atomic E-state index is 0.497. The zero-order valence-electron chi connectivity index (χ0n) is 10.9. The molecule has 0 fully saturated rings. The number of furan rings is 1. The Balaban J connectivity index is 1.93. The second-order valence-electron chi connectivity index (χ2n) is 4.68. The largest absolute Gasteiger partial charge is 0.444 e. The van der Waals surface area contributed by atoms with Gasteiger partial charge in [-0.3, -0.25) is 0 Å². The van der Waals surface area contributed by atoms with Crippen molar-refractivity contribution >= 4 is 22.6 Å². The molecule has 0 atom stereocenters. The maximum Gasteiger partial charge on any atom is 0.199 e. The number of halogens is 1. The summed E-state index contributed by atoms with van der Waals surface area (Å²) in [5, 5.41) is 5.00. The molecule has 0 unspecified atom stereocenters. The summed E-state index contributed by atoms with van der Waals surface area (Å²) in [6, 6.07) is 7.94.